The Morgan fingerprint density at radius 1 is 1.15 bits per heavy atom. The molecule has 1 unspecified atom stereocenters. The van der Waals surface area contributed by atoms with Gasteiger partial charge in [0.15, 0.2) is 5.96 Å². The molecule has 1 aliphatic heterocycles. The van der Waals surface area contributed by atoms with E-state index in [2.05, 4.69) is 50.2 Å². The summed E-state index contributed by atoms with van der Waals surface area (Å²) in [4.78, 5) is 7.41. The Labute approximate surface area is 125 Å². The van der Waals surface area contributed by atoms with Crippen LogP contribution in [-0.4, -0.2) is 49.6 Å². The number of nitrogens with zero attached hydrogens (tertiary/aromatic N) is 2. The molecular formula is C16H34N4. The topological polar surface area (TPSA) is 39.7 Å². The van der Waals surface area contributed by atoms with Crippen molar-refractivity contribution in [3.8, 4) is 0 Å². The zero-order valence-electron chi connectivity index (χ0n) is 14.1. The van der Waals surface area contributed by atoms with Gasteiger partial charge in [-0.3, -0.25) is 9.89 Å². The molecule has 0 saturated carbocycles. The highest BCUT2D eigenvalue weighted by atomic mass is 15.2. The number of piperidine rings is 1. The minimum atomic E-state index is 0.565. The third kappa shape index (κ3) is 5.70. The zero-order valence-corrected chi connectivity index (χ0v) is 14.1. The lowest BCUT2D eigenvalue weighted by molar-refractivity contribution is 0.113. The van der Waals surface area contributed by atoms with E-state index in [9.17, 15) is 0 Å². The van der Waals surface area contributed by atoms with Crippen LogP contribution in [0.2, 0.25) is 0 Å². The number of likely N-dealkylation sites (tertiary alicyclic amines) is 1. The molecule has 1 fully saturated rings. The van der Waals surface area contributed by atoms with Gasteiger partial charge in [0.1, 0.15) is 0 Å². The number of rotatable bonds is 6. The molecule has 0 aromatic rings. The van der Waals surface area contributed by atoms with E-state index in [1.807, 2.05) is 0 Å². The first-order chi connectivity index (χ1) is 9.58. The predicted molar refractivity (Wildman–Crippen MR) is 88.3 cm³/mol. The normalized spacial score (nSPS) is 18.9. The summed E-state index contributed by atoms with van der Waals surface area (Å²) in [5.74, 6) is 2.49. The fourth-order valence-electron chi connectivity index (χ4n) is 2.80. The lowest BCUT2D eigenvalue weighted by Gasteiger charge is -2.38. The van der Waals surface area contributed by atoms with Crippen LogP contribution in [0.3, 0.4) is 0 Å². The molecule has 0 aromatic heterocycles. The first-order valence-corrected chi connectivity index (χ1v) is 8.34. The Kier molecular flexibility index (Phi) is 7.97. The highest BCUT2D eigenvalue weighted by Gasteiger charge is 2.25. The molecule has 1 heterocycles. The van der Waals surface area contributed by atoms with E-state index in [1.165, 1.54) is 25.9 Å². The Morgan fingerprint density at radius 2 is 1.70 bits per heavy atom. The maximum Gasteiger partial charge on any atom is 0.191 e. The van der Waals surface area contributed by atoms with E-state index in [0.717, 1.165) is 31.5 Å². The molecule has 1 aliphatic rings. The average molecular weight is 282 g/mol. The number of hydrogen-bond acceptors (Lipinski definition) is 2. The van der Waals surface area contributed by atoms with Gasteiger partial charge in [0, 0.05) is 19.1 Å². The summed E-state index contributed by atoms with van der Waals surface area (Å²) in [6.45, 7) is 16.4. The minimum absolute atomic E-state index is 0.565. The highest BCUT2D eigenvalue weighted by molar-refractivity contribution is 5.79. The van der Waals surface area contributed by atoms with Crippen LogP contribution in [0, 0.1) is 11.8 Å². The smallest absolute Gasteiger partial charge is 0.191 e. The van der Waals surface area contributed by atoms with Gasteiger partial charge in [-0.25, -0.2) is 0 Å². The molecule has 118 valence electrons. The summed E-state index contributed by atoms with van der Waals surface area (Å²) >= 11 is 0. The van der Waals surface area contributed by atoms with E-state index in [-0.39, 0.29) is 0 Å². The summed E-state index contributed by atoms with van der Waals surface area (Å²) in [7, 11) is 0. The van der Waals surface area contributed by atoms with Gasteiger partial charge in [-0.2, -0.15) is 0 Å². The van der Waals surface area contributed by atoms with E-state index >= 15 is 0 Å². The maximum absolute atomic E-state index is 4.77. The van der Waals surface area contributed by atoms with Gasteiger partial charge in [-0.1, -0.05) is 20.8 Å². The molecule has 1 saturated heterocycles. The van der Waals surface area contributed by atoms with Gasteiger partial charge in [-0.05, 0) is 51.6 Å². The fourth-order valence-corrected chi connectivity index (χ4v) is 2.80. The molecule has 2 N–H and O–H groups in total. The standard InChI is InChI=1S/C16H34N4/c1-6-17-16(18-7-2)19-12-15(13(3)4)20-10-8-14(5)9-11-20/h13-15H,6-12H2,1-5H3,(H2,17,18,19). The molecule has 0 aromatic carbocycles. The second kappa shape index (κ2) is 9.22. The Morgan fingerprint density at radius 3 is 2.15 bits per heavy atom. The first kappa shape index (κ1) is 17.3. The lowest BCUT2D eigenvalue weighted by atomic mass is 9.94. The van der Waals surface area contributed by atoms with Gasteiger partial charge in [-0.15, -0.1) is 0 Å². The summed E-state index contributed by atoms with van der Waals surface area (Å²) in [5, 5.41) is 6.62. The van der Waals surface area contributed by atoms with Crippen molar-refractivity contribution in [2.45, 2.75) is 53.5 Å². The number of nitrogens with one attached hydrogen (secondary N) is 2. The lowest BCUT2D eigenvalue weighted by Crippen LogP contribution is -2.46. The summed E-state index contributed by atoms with van der Waals surface area (Å²) < 4.78 is 0. The molecule has 4 nitrogen and oxygen atoms in total. The van der Waals surface area contributed by atoms with Crippen molar-refractivity contribution in [1.29, 1.82) is 0 Å². The molecule has 1 rings (SSSR count). The van der Waals surface area contributed by atoms with Gasteiger partial charge in [0.2, 0.25) is 0 Å². The number of hydrogen-bond donors (Lipinski definition) is 2. The molecule has 0 spiro atoms. The van der Waals surface area contributed by atoms with E-state index in [4.69, 9.17) is 4.99 Å². The zero-order chi connectivity index (χ0) is 15.0. The maximum atomic E-state index is 4.77. The summed E-state index contributed by atoms with van der Waals surface area (Å²) in [5.41, 5.74) is 0. The van der Waals surface area contributed by atoms with E-state index < -0.39 is 0 Å². The van der Waals surface area contributed by atoms with Crippen LogP contribution in [0.5, 0.6) is 0 Å². The third-order valence-corrected chi connectivity index (χ3v) is 4.18. The van der Waals surface area contributed by atoms with Crippen molar-refractivity contribution < 1.29 is 0 Å². The Hall–Kier alpha value is -0.770. The highest BCUT2D eigenvalue weighted by Crippen LogP contribution is 2.21. The monoisotopic (exact) mass is 282 g/mol. The Balaban J connectivity index is 2.59. The van der Waals surface area contributed by atoms with Gasteiger partial charge >= 0.3 is 0 Å². The van der Waals surface area contributed by atoms with Gasteiger partial charge in [0.05, 0.1) is 6.54 Å². The molecule has 4 heteroatoms. The van der Waals surface area contributed by atoms with Crippen LogP contribution in [0.1, 0.15) is 47.5 Å². The molecular weight excluding hydrogens is 248 g/mol. The van der Waals surface area contributed by atoms with E-state index in [1.54, 1.807) is 0 Å². The molecule has 0 bridgehead atoms. The van der Waals surface area contributed by atoms with Crippen molar-refractivity contribution in [2.75, 3.05) is 32.7 Å². The van der Waals surface area contributed by atoms with Crippen molar-refractivity contribution in [3.05, 3.63) is 0 Å². The predicted octanol–water partition coefficient (Wildman–Crippen LogP) is 2.32. The van der Waals surface area contributed by atoms with Crippen molar-refractivity contribution in [2.24, 2.45) is 16.8 Å². The van der Waals surface area contributed by atoms with Crippen LogP contribution < -0.4 is 10.6 Å². The van der Waals surface area contributed by atoms with Crippen LogP contribution in [-0.2, 0) is 0 Å². The molecule has 0 amide bonds. The third-order valence-electron chi connectivity index (χ3n) is 4.18. The quantitative estimate of drug-likeness (QED) is 0.580. The minimum Gasteiger partial charge on any atom is -0.357 e. The van der Waals surface area contributed by atoms with Crippen LogP contribution in [0.15, 0.2) is 4.99 Å². The van der Waals surface area contributed by atoms with Crippen LogP contribution in [0.25, 0.3) is 0 Å². The largest absolute Gasteiger partial charge is 0.357 e. The van der Waals surface area contributed by atoms with Crippen LogP contribution >= 0.6 is 0 Å². The molecule has 0 radical (unpaired) electrons. The summed E-state index contributed by atoms with van der Waals surface area (Å²) in [6, 6.07) is 0.565. The van der Waals surface area contributed by atoms with Crippen molar-refractivity contribution in [1.82, 2.24) is 15.5 Å². The Bertz CT molecular complexity index is 272. The van der Waals surface area contributed by atoms with Crippen molar-refractivity contribution in [3.63, 3.8) is 0 Å². The van der Waals surface area contributed by atoms with E-state index in [0.29, 0.717) is 12.0 Å². The van der Waals surface area contributed by atoms with Gasteiger partial charge < -0.3 is 10.6 Å². The molecule has 20 heavy (non-hydrogen) atoms. The van der Waals surface area contributed by atoms with Crippen molar-refractivity contribution >= 4 is 5.96 Å². The summed E-state index contributed by atoms with van der Waals surface area (Å²) in [6.07, 6.45) is 2.67. The SMILES string of the molecule is CCNC(=NCC(C(C)C)N1CCC(C)CC1)NCC. The fraction of sp³-hybridized carbons (Fsp3) is 0.938. The average Bonchev–Trinajstić information content (AvgIpc) is 2.41. The molecule has 0 aliphatic carbocycles. The molecule has 1 atom stereocenters. The number of guanidine groups is 1. The van der Waals surface area contributed by atoms with Gasteiger partial charge in [0.25, 0.3) is 0 Å². The number of aliphatic imine (C=N–C) groups is 1. The second-order valence-electron chi connectivity index (χ2n) is 6.28. The van der Waals surface area contributed by atoms with Crippen LogP contribution in [0.4, 0.5) is 0 Å². The second-order valence-corrected chi connectivity index (χ2v) is 6.28. The first-order valence-electron chi connectivity index (χ1n) is 8.34.